The van der Waals surface area contributed by atoms with Gasteiger partial charge in [0.2, 0.25) is 0 Å². The van der Waals surface area contributed by atoms with Crippen LogP contribution in [0, 0.1) is 0 Å². The van der Waals surface area contributed by atoms with E-state index in [1.807, 2.05) is 30.6 Å². The van der Waals surface area contributed by atoms with Gasteiger partial charge in [-0.2, -0.15) is 0 Å². The summed E-state index contributed by atoms with van der Waals surface area (Å²) in [5.74, 6) is -0.139. The van der Waals surface area contributed by atoms with Gasteiger partial charge >= 0.3 is 0 Å². The third kappa shape index (κ3) is 5.25. The third-order valence-corrected chi connectivity index (χ3v) is 7.55. The van der Waals surface area contributed by atoms with E-state index < -0.39 is 0 Å². The summed E-state index contributed by atoms with van der Waals surface area (Å²) in [5.41, 5.74) is 5.32. The molecule has 0 atom stereocenters. The maximum atomic E-state index is 12.0. The van der Waals surface area contributed by atoms with Gasteiger partial charge in [0.1, 0.15) is 9.97 Å². The van der Waals surface area contributed by atoms with E-state index >= 15 is 0 Å². The minimum Gasteiger partial charge on any atom is -0.307 e. The first-order chi connectivity index (χ1) is 16.6. The molecule has 2 fully saturated rings. The Labute approximate surface area is 210 Å². The van der Waals surface area contributed by atoms with Crippen molar-refractivity contribution in [3.63, 3.8) is 0 Å². The number of nitrogens with one attached hydrogen (secondary N) is 1. The van der Waals surface area contributed by atoms with Crippen molar-refractivity contribution >= 4 is 45.9 Å². The number of hydrogen-bond acceptors (Lipinski definition) is 6. The van der Waals surface area contributed by atoms with Crippen LogP contribution in [0.1, 0.15) is 30.9 Å². The predicted molar refractivity (Wildman–Crippen MR) is 144 cm³/mol. The molecular formula is C26H29N5OS2. The number of benzene rings is 1. The number of thioether (sulfide) groups is 1. The topological polar surface area (TPSA) is 52.9 Å². The molecule has 0 bridgehead atoms. The number of aromatic nitrogens is 2. The molecule has 1 aromatic carbocycles. The summed E-state index contributed by atoms with van der Waals surface area (Å²) < 4.78 is 2.59. The van der Waals surface area contributed by atoms with Gasteiger partial charge in [-0.3, -0.25) is 14.1 Å². The number of carbonyl (C=O) groups is 1. The van der Waals surface area contributed by atoms with E-state index in [0.29, 0.717) is 9.23 Å². The lowest BCUT2D eigenvalue weighted by Gasteiger charge is -2.34. The molecule has 176 valence electrons. The SMILES string of the molecule is CCCCN1CCN(Cc2cccc(-c3cnc4ccc(/C=C5\SC(=S)NC5=O)cn34)c2)CC1. The van der Waals surface area contributed by atoms with Crippen molar-refractivity contribution in [3.05, 3.63) is 64.8 Å². The van der Waals surface area contributed by atoms with E-state index in [9.17, 15) is 4.79 Å². The highest BCUT2D eigenvalue weighted by Crippen LogP contribution is 2.27. The maximum absolute atomic E-state index is 12.0. The molecule has 1 N–H and O–H groups in total. The van der Waals surface area contributed by atoms with Crippen molar-refractivity contribution in [1.82, 2.24) is 24.5 Å². The van der Waals surface area contributed by atoms with Gasteiger partial charge < -0.3 is 10.2 Å². The van der Waals surface area contributed by atoms with Crippen LogP contribution in [0.5, 0.6) is 0 Å². The Morgan fingerprint density at radius 1 is 1.15 bits per heavy atom. The molecular weight excluding hydrogens is 462 g/mol. The second-order valence-electron chi connectivity index (χ2n) is 8.86. The molecule has 1 amide bonds. The highest BCUT2D eigenvalue weighted by molar-refractivity contribution is 8.26. The molecule has 0 radical (unpaired) electrons. The normalized spacial score (nSPS) is 18.8. The average molecular weight is 492 g/mol. The molecule has 3 aromatic rings. The molecule has 2 saturated heterocycles. The second kappa shape index (κ2) is 10.4. The third-order valence-electron chi connectivity index (χ3n) is 6.39. The van der Waals surface area contributed by atoms with Crippen molar-refractivity contribution < 1.29 is 4.79 Å². The number of amides is 1. The van der Waals surface area contributed by atoms with E-state index in [1.54, 1.807) is 0 Å². The lowest BCUT2D eigenvalue weighted by Crippen LogP contribution is -2.46. The van der Waals surface area contributed by atoms with E-state index in [0.717, 1.165) is 55.2 Å². The quantitative estimate of drug-likeness (QED) is 0.390. The van der Waals surface area contributed by atoms with Crippen molar-refractivity contribution in [1.29, 1.82) is 0 Å². The molecule has 2 aliphatic rings. The van der Waals surface area contributed by atoms with Crippen LogP contribution in [-0.4, -0.2) is 62.1 Å². The van der Waals surface area contributed by atoms with Crippen molar-refractivity contribution in [2.75, 3.05) is 32.7 Å². The fraction of sp³-hybridized carbons (Fsp3) is 0.346. The summed E-state index contributed by atoms with van der Waals surface area (Å²) >= 11 is 6.40. The Morgan fingerprint density at radius 2 is 1.97 bits per heavy atom. The van der Waals surface area contributed by atoms with Crippen LogP contribution in [0.3, 0.4) is 0 Å². The number of piperazine rings is 1. The molecule has 0 aliphatic carbocycles. The van der Waals surface area contributed by atoms with Crippen LogP contribution in [0.15, 0.2) is 53.7 Å². The summed E-state index contributed by atoms with van der Waals surface area (Å²) in [4.78, 5) is 22.4. The summed E-state index contributed by atoms with van der Waals surface area (Å²) in [5, 5.41) is 2.67. The predicted octanol–water partition coefficient (Wildman–Crippen LogP) is 4.41. The zero-order valence-corrected chi connectivity index (χ0v) is 21.0. The molecule has 2 aliphatic heterocycles. The van der Waals surface area contributed by atoms with Crippen LogP contribution in [0.2, 0.25) is 0 Å². The van der Waals surface area contributed by atoms with Crippen LogP contribution in [-0.2, 0) is 11.3 Å². The van der Waals surface area contributed by atoms with Gasteiger partial charge in [0, 0.05) is 44.5 Å². The van der Waals surface area contributed by atoms with Crippen LogP contribution >= 0.6 is 24.0 Å². The molecule has 34 heavy (non-hydrogen) atoms. The van der Waals surface area contributed by atoms with Gasteiger partial charge in [-0.15, -0.1) is 0 Å². The van der Waals surface area contributed by atoms with Gasteiger partial charge in [0.05, 0.1) is 16.8 Å². The number of rotatable bonds is 7. The number of hydrogen-bond donors (Lipinski definition) is 1. The maximum Gasteiger partial charge on any atom is 0.263 e. The Bertz CT molecular complexity index is 1240. The first-order valence-corrected chi connectivity index (χ1v) is 13.1. The Balaban J connectivity index is 1.33. The zero-order valence-electron chi connectivity index (χ0n) is 19.4. The standard InChI is InChI=1S/C26H29N5OS2/c1-2-3-9-29-10-12-30(13-11-29)17-19-5-4-6-21(14-19)22-16-27-24-8-7-20(18-31(22)24)15-23-25(32)28-26(33)34-23/h4-8,14-16,18H,2-3,9-13,17H2,1H3,(H,28,32,33)/b23-15-. The fourth-order valence-electron chi connectivity index (χ4n) is 4.51. The van der Waals surface area contributed by atoms with Crippen molar-refractivity contribution in [2.45, 2.75) is 26.3 Å². The smallest absolute Gasteiger partial charge is 0.263 e. The number of imidazole rings is 1. The Hall–Kier alpha value is -2.52. The number of pyridine rings is 1. The van der Waals surface area contributed by atoms with Gasteiger partial charge in [0.25, 0.3) is 5.91 Å². The van der Waals surface area contributed by atoms with Crippen LogP contribution in [0.4, 0.5) is 0 Å². The second-order valence-corrected chi connectivity index (χ2v) is 10.6. The minimum atomic E-state index is -0.139. The van der Waals surface area contributed by atoms with Gasteiger partial charge in [-0.1, -0.05) is 55.5 Å². The molecule has 0 saturated carbocycles. The molecule has 2 aromatic heterocycles. The van der Waals surface area contributed by atoms with E-state index in [-0.39, 0.29) is 5.91 Å². The molecule has 6 nitrogen and oxygen atoms in total. The summed E-state index contributed by atoms with van der Waals surface area (Å²) in [6.07, 6.45) is 8.38. The van der Waals surface area contributed by atoms with Crippen molar-refractivity contribution in [2.24, 2.45) is 0 Å². The summed E-state index contributed by atoms with van der Waals surface area (Å²) in [6.45, 7) is 9.01. The summed E-state index contributed by atoms with van der Waals surface area (Å²) in [6, 6.07) is 12.7. The Kier molecular flexibility index (Phi) is 7.10. The molecule has 0 spiro atoms. The minimum absolute atomic E-state index is 0.139. The number of unbranched alkanes of at least 4 members (excludes halogenated alkanes) is 1. The number of thiocarbonyl (C=S) groups is 1. The number of carbonyl (C=O) groups excluding carboxylic acids is 1. The van der Waals surface area contributed by atoms with E-state index in [2.05, 4.69) is 55.7 Å². The van der Waals surface area contributed by atoms with Gasteiger partial charge in [-0.25, -0.2) is 4.98 Å². The Morgan fingerprint density at radius 3 is 2.74 bits per heavy atom. The average Bonchev–Trinajstić information content (AvgIpc) is 3.40. The largest absolute Gasteiger partial charge is 0.307 e. The molecule has 5 rings (SSSR count). The van der Waals surface area contributed by atoms with Crippen LogP contribution in [0.25, 0.3) is 23.0 Å². The van der Waals surface area contributed by atoms with Gasteiger partial charge in [0.15, 0.2) is 0 Å². The van der Waals surface area contributed by atoms with Crippen LogP contribution < -0.4 is 5.32 Å². The molecule has 4 heterocycles. The molecule has 8 heteroatoms. The monoisotopic (exact) mass is 491 g/mol. The van der Waals surface area contributed by atoms with Crippen molar-refractivity contribution in [3.8, 4) is 11.3 Å². The highest BCUT2D eigenvalue weighted by atomic mass is 32.2. The fourth-order valence-corrected chi connectivity index (χ4v) is 5.55. The number of fused-ring (bicyclic) bond motifs is 1. The zero-order chi connectivity index (χ0) is 23.5. The molecule has 0 unspecified atom stereocenters. The highest BCUT2D eigenvalue weighted by Gasteiger charge is 2.22. The van der Waals surface area contributed by atoms with E-state index in [4.69, 9.17) is 12.2 Å². The lowest BCUT2D eigenvalue weighted by atomic mass is 10.1. The number of nitrogens with zero attached hydrogens (tertiary/aromatic N) is 4. The van der Waals surface area contributed by atoms with Gasteiger partial charge in [-0.05, 0) is 48.4 Å². The van der Waals surface area contributed by atoms with E-state index in [1.165, 1.54) is 36.7 Å². The lowest BCUT2D eigenvalue weighted by molar-refractivity contribution is -0.115. The summed E-state index contributed by atoms with van der Waals surface area (Å²) in [7, 11) is 0. The first kappa shape index (κ1) is 23.2. The first-order valence-electron chi connectivity index (χ1n) is 11.8.